The van der Waals surface area contributed by atoms with E-state index in [2.05, 4.69) is 15.4 Å². The Morgan fingerprint density at radius 3 is 2.74 bits per heavy atom. The van der Waals surface area contributed by atoms with Crippen molar-refractivity contribution in [1.29, 1.82) is 0 Å². The van der Waals surface area contributed by atoms with Gasteiger partial charge in [0.2, 0.25) is 5.82 Å². The second-order valence-electron chi connectivity index (χ2n) is 4.75. The van der Waals surface area contributed by atoms with Crippen molar-refractivity contribution in [2.24, 2.45) is 7.05 Å². The number of hydrogen-bond donors (Lipinski definition) is 1. The lowest BCUT2D eigenvalue weighted by atomic mass is 10.1. The highest BCUT2D eigenvalue weighted by Crippen LogP contribution is 2.33. The molecule has 0 aromatic carbocycles. The van der Waals surface area contributed by atoms with E-state index in [1.165, 1.54) is 16.0 Å². The van der Waals surface area contributed by atoms with E-state index in [9.17, 15) is 10.1 Å². The molecule has 0 bridgehead atoms. The quantitative estimate of drug-likeness (QED) is 0.687. The van der Waals surface area contributed by atoms with Gasteiger partial charge in [-0.2, -0.15) is 5.10 Å². The van der Waals surface area contributed by atoms with Gasteiger partial charge in [0.05, 0.1) is 10.5 Å². The van der Waals surface area contributed by atoms with Gasteiger partial charge in [-0.15, -0.1) is 11.3 Å². The van der Waals surface area contributed by atoms with Crippen molar-refractivity contribution in [3.63, 3.8) is 0 Å². The zero-order valence-corrected chi connectivity index (χ0v) is 12.0. The van der Waals surface area contributed by atoms with Gasteiger partial charge in [-0.05, 0) is 20.8 Å². The normalized spacial score (nSPS) is 11.6. The minimum absolute atomic E-state index is 0.00660. The number of thiazole rings is 1. The molecule has 2 aromatic heterocycles. The first-order valence-corrected chi connectivity index (χ1v) is 6.57. The summed E-state index contributed by atoms with van der Waals surface area (Å²) in [7, 11) is 1.68. The highest BCUT2D eigenvalue weighted by molar-refractivity contribution is 7.09. The lowest BCUT2D eigenvalue weighted by Gasteiger charge is -2.24. The number of aryl methyl sites for hydroxylation is 2. The first-order chi connectivity index (χ1) is 8.83. The van der Waals surface area contributed by atoms with E-state index < -0.39 is 10.5 Å². The molecule has 2 heterocycles. The van der Waals surface area contributed by atoms with Crippen LogP contribution >= 0.6 is 11.3 Å². The zero-order chi connectivity index (χ0) is 14.2. The number of rotatable bonds is 4. The van der Waals surface area contributed by atoms with Crippen molar-refractivity contribution < 1.29 is 4.92 Å². The molecule has 0 radical (unpaired) electrons. The molecule has 0 aliphatic carbocycles. The predicted molar refractivity (Wildman–Crippen MR) is 73.4 cm³/mol. The SMILES string of the molecule is Cc1nn(C)c(NC(C)(C)c2nccs2)c1[N+](=O)[O-]. The van der Waals surface area contributed by atoms with Gasteiger partial charge >= 0.3 is 5.69 Å². The van der Waals surface area contributed by atoms with Gasteiger partial charge in [-0.25, -0.2) is 9.67 Å². The fourth-order valence-corrected chi connectivity index (χ4v) is 2.61. The van der Waals surface area contributed by atoms with Crippen molar-refractivity contribution >= 4 is 22.8 Å². The average molecular weight is 281 g/mol. The van der Waals surface area contributed by atoms with Crippen molar-refractivity contribution in [3.05, 3.63) is 32.4 Å². The number of aromatic nitrogens is 3. The maximum atomic E-state index is 11.1. The smallest absolute Gasteiger partial charge is 0.333 e. The van der Waals surface area contributed by atoms with E-state index in [0.717, 1.165) is 5.01 Å². The molecule has 102 valence electrons. The molecule has 1 N–H and O–H groups in total. The number of hydrogen-bond acceptors (Lipinski definition) is 6. The third kappa shape index (κ3) is 2.43. The molecule has 0 aliphatic heterocycles. The van der Waals surface area contributed by atoms with Crippen LogP contribution in [0.1, 0.15) is 24.5 Å². The highest BCUT2D eigenvalue weighted by atomic mass is 32.1. The van der Waals surface area contributed by atoms with Gasteiger partial charge in [-0.1, -0.05) is 0 Å². The topological polar surface area (TPSA) is 85.9 Å². The van der Waals surface area contributed by atoms with Crippen molar-refractivity contribution in [2.45, 2.75) is 26.3 Å². The second kappa shape index (κ2) is 4.61. The van der Waals surface area contributed by atoms with E-state index in [1.54, 1.807) is 20.2 Å². The van der Waals surface area contributed by atoms with Gasteiger partial charge in [0, 0.05) is 18.6 Å². The number of nitrogens with one attached hydrogen (secondary N) is 1. The number of nitro groups is 1. The number of anilines is 1. The molecule has 0 fully saturated rings. The molecular formula is C11H15N5O2S. The fourth-order valence-electron chi connectivity index (χ4n) is 1.89. The molecule has 0 aliphatic rings. The average Bonchev–Trinajstić information content (AvgIpc) is 2.87. The molecule has 0 unspecified atom stereocenters. The van der Waals surface area contributed by atoms with Crippen LogP contribution in [-0.4, -0.2) is 19.7 Å². The maximum Gasteiger partial charge on any atom is 0.333 e. The van der Waals surface area contributed by atoms with Crippen LogP contribution in [0.5, 0.6) is 0 Å². The zero-order valence-electron chi connectivity index (χ0n) is 11.2. The summed E-state index contributed by atoms with van der Waals surface area (Å²) in [5.74, 6) is 0.391. The Balaban J connectivity index is 2.41. The summed E-state index contributed by atoms with van der Waals surface area (Å²) < 4.78 is 1.49. The molecule has 2 aromatic rings. The van der Waals surface area contributed by atoms with Crippen LogP contribution < -0.4 is 5.32 Å². The van der Waals surface area contributed by atoms with Crippen molar-refractivity contribution in [2.75, 3.05) is 5.32 Å². The molecule has 0 amide bonds. The summed E-state index contributed by atoms with van der Waals surface area (Å²) in [4.78, 5) is 15.0. The van der Waals surface area contributed by atoms with Gasteiger partial charge in [0.1, 0.15) is 10.7 Å². The van der Waals surface area contributed by atoms with E-state index in [1.807, 2.05) is 19.2 Å². The summed E-state index contributed by atoms with van der Waals surface area (Å²) in [6.45, 7) is 5.48. The van der Waals surface area contributed by atoms with E-state index >= 15 is 0 Å². The van der Waals surface area contributed by atoms with Crippen LogP contribution in [0.25, 0.3) is 0 Å². The molecule has 0 saturated heterocycles. The van der Waals surface area contributed by atoms with Crippen molar-refractivity contribution in [3.8, 4) is 0 Å². The fraction of sp³-hybridized carbons (Fsp3) is 0.455. The van der Waals surface area contributed by atoms with Gasteiger partial charge < -0.3 is 5.32 Å². The largest absolute Gasteiger partial charge is 0.353 e. The first-order valence-electron chi connectivity index (χ1n) is 5.69. The van der Waals surface area contributed by atoms with Crippen LogP contribution in [0.15, 0.2) is 11.6 Å². The molecule has 0 spiro atoms. The van der Waals surface area contributed by atoms with Gasteiger partial charge in [-0.3, -0.25) is 10.1 Å². The van der Waals surface area contributed by atoms with Crippen LogP contribution in [-0.2, 0) is 12.6 Å². The molecule has 19 heavy (non-hydrogen) atoms. The van der Waals surface area contributed by atoms with E-state index in [-0.39, 0.29) is 5.69 Å². The highest BCUT2D eigenvalue weighted by Gasteiger charge is 2.31. The molecular weight excluding hydrogens is 266 g/mol. The second-order valence-corrected chi connectivity index (χ2v) is 5.65. The maximum absolute atomic E-state index is 11.1. The summed E-state index contributed by atoms with van der Waals surface area (Å²) in [5, 5.41) is 21.1. The molecule has 8 heteroatoms. The van der Waals surface area contributed by atoms with Crippen LogP contribution in [0.2, 0.25) is 0 Å². The molecule has 2 rings (SSSR count). The lowest BCUT2D eigenvalue weighted by Crippen LogP contribution is -2.29. The van der Waals surface area contributed by atoms with Crippen molar-refractivity contribution in [1.82, 2.24) is 14.8 Å². The monoisotopic (exact) mass is 281 g/mol. The third-order valence-corrected chi connectivity index (χ3v) is 3.87. The Morgan fingerprint density at radius 1 is 1.53 bits per heavy atom. The Hall–Kier alpha value is -1.96. The lowest BCUT2D eigenvalue weighted by molar-refractivity contribution is -0.384. The Labute approximate surface area is 114 Å². The van der Waals surface area contributed by atoms with E-state index in [0.29, 0.717) is 11.5 Å². The summed E-state index contributed by atoms with van der Waals surface area (Å²) in [6.07, 6.45) is 1.71. The molecule has 0 atom stereocenters. The van der Waals surface area contributed by atoms with Crippen LogP contribution in [0.3, 0.4) is 0 Å². The molecule has 7 nitrogen and oxygen atoms in total. The minimum atomic E-state index is -0.501. The Morgan fingerprint density at radius 2 is 2.21 bits per heavy atom. The van der Waals surface area contributed by atoms with Gasteiger partial charge in [0.25, 0.3) is 0 Å². The van der Waals surface area contributed by atoms with Crippen LogP contribution in [0, 0.1) is 17.0 Å². The van der Waals surface area contributed by atoms with Gasteiger partial charge in [0.15, 0.2) is 0 Å². The predicted octanol–water partition coefficient (Wildman–Crippen LogP) is 2.44. The first kappa shape index (κ1) is 13.5. The standard InChI is InChI=1S/C11H15N5O2S/c1-7-8(16(17)18)9(15(4)14-7)13-11(2,3)10-12-5-6-19-10/h5-6,13H,1-4H3. The summed E-state index contributed by atoms with van der Waals surface area (Å²) in [6, 6.07) is 0. The summed E-state index contributed by atoms with van der Waals surface area (Å²) in [5.41, 5.74) is -0.101. The third-order valence-electron chi connectivity index (χ3n) is 2.77. The Bertz CT molecular complexity index is 603. The minimum Gasteiger partial charge on any atom is -0.353 e. The Kier molecular flexibility index (Phi) is 3.27. The van der Waals surface area contributed by atoms with E-state index in [4.69, 9.17) is 0 Å². The van der Waals surface area contributed by atoms with Crippen LogP contribution in [0.4, 0.5) is 11.5 Å². The molecule has 0 saturated carbocycles. The number of nitrogens with zero attached hydrogens (tertiary/aromatic N) is 4. The summed E-state index contributed by atoms with van der Waals surface area (Å²) >= 11 is 1.50.